The molecule has 0 aliphatic rings. The molecule has 0 fully saturated rings. The van der Waals surface area contributed by atoms with E-state index in [1.807, 2.05) is 86.6 Å². The minimum atomic E-state index is -0.466. The van der Waals surface area contributed by atoms with E-state index in [0.717, 1.165) is 38.0 Å². The van der Waals surface area contributed by atoms with E-state index in [0.29, 0.717) is 11.3 Å². The summed E-state index contributed by atoms with van der Waals surface area (Å²) >= 11 is 1.37. The van der Waals surface area contributed by atoms with Gasteiger partial charge in [0.2, 0.25) is 5.91 Å². The van der Waals surface area contributed by atoms with Crippen LogP contribution < -0.4 is 16.0 Å². The number of carbonyl (C=O) groups excluding carboxylic acids is 3. The fourth-order valence-electron chi connectivity index (χ4n) is 4.73. The summed E-state index contributed by atoms with van der Waals surface area (Å²) in [6, 6.07) is 35.7. The molecule has 5 rings (SSSR count). The highest BCUT2D eigenvalue weighted by Gasteiger charge is 2.16. The molecule has 0 unspecified atom stereocenters. The van der Waals surface area contributed by atoms with Gasteiger partial charge in [-0.1, -0.05) is 72.8 Å². The number of amides is 3. The lowest BCUT2D eigenvalue weighted by atomic mass is 10.0. The molecule has 0 saturated carbocycles. The standard InChI is InChI=1S/C36H31N3O3S/c1-24-18-25(2)20-30(19-24)37-34(40)23-43-31-16-9-15-29(22-31)38-36(42)33(39-35(41)27-11-4-3-5-12-27)21-28-14-8-13-26-10-6-7-17-32(26)28/h3-22H,23H2,1-2H3,(H,37,40)(H,38,42)(H,39,41)/b33-21+. The van der Waals surface area contributed by atoms with Crippen LogP contribution in [-0.2, 0) is 9.59 Å². The number of hydrogen-bond acceptors (Lipinski definition) is 4. The smallest absolute Gasteiger partial charge is 0.272 e. The Labute approximate surface area is 255 Å². The van der Waals surface area contributed by atoms with Crippen molar-refractivity contribution in [3.05, 3.63) is 143 Å². The first-order chi connectivity index (χ1) is 20.8. The molecule has 5 aromatic rings. The summed E-state index contributed by atoms with van der Waals surface area (Å²) in [6.07, 6.45) is 1.69. The van der Waals surface area contributed by atoms with Crippen molar-refractivity contribution >= 4 is 57.7 Å². The normalized spacial score (nSPS) is 11.2. The molecule has 0 atom stereocenters. The topological polar surface area (TPSA) is 87.3 Å². The summed E-state index contributed by atoms with van der Waals surface area (Å²) in [7, 11) is 0. The van der Waals surface area contributed by atoms with Gasteiger partial charge in [0.05, 0.1) is 5.75 Å². The second-order valence-electron chi connectivity index (χ2n) is 10.1. The van der Waals surface area contributed by atoms with Gasteiger partial charge in [-0.3, -0.25) is 14.4 Å². The lowest BCUT2D eigenvalue weighted by Crippen LogP contribution is -2.30. The third-order valence-corrected chi connectivity index (χ3v) is 7.61. The molecule has 43 heavy (non-hydrogen) atoms. The number of nitrogens with one attached hydrogen (secondary N) is 3. The average molecular weight is 586 g/mol. The zero-order valence-corrected chi connectivity index (χ0v) is 24.7. The molecular formula is C36H31N3O3S. The van der Waals surface area contributed by atoms with Crippen LogP contribution in [0.15, 0.2) is 126 Å². The highest BCUT2D eigenvalue weighted by atomic mass is 32.2. The van der Waals surface area contributed by atoms with Crippen molar-refractivity contribution in [2.24, 2.45) is 0 Å². The molecule has 0 heterocycles. The molecule has 3 N–H and O–H groups in total. The molecule has 0 saturated heterocycles. The Morgan fingerprint density at radius 3 is 2.19 bits per heavy atom. The summed E-state index contributed by atoms with van der Waals surface area (Å²) in [6.45, 7) is 3.99. The quantitative estimate of drug-likeness (QED) is 0.123. The lowest BCUT2D eigenvalue weighted by Gasteiger charge is -2.13. The van der Waals surface area contributed by atoms with Crippen molar-refractivity contribution in [1.29, 1.82) is 0 Å². The maximum atomic E-state index is 13.6. The third-order valence-electron chi connectivity index (χ3n) is 6.62. The Kier molecular flexibility index (Phi) is 9.34. The summed E-state index contributed by atoms with van der Waals surface area (Å²) < 4.78 is 0. The van der Waals surface area contributed by atoms with Gasteiger partial charge >= 0.3 is 0 Å². The zero-order chi connectivity index (χ0) is 30.2. The Morgan fingerprint density at radius 1 is 0.698 bits per heavy atom. The van der Waals surface area contributed by atoms with Crippen LogP contribution in [0, 0.1) is 13.8 Å². The molecule has 6 nitrogen and oxygen atoms in total. The SMILES string of the molecule is Cc1cc(C)cc(NC(=O)CSc2cccc(NC(=O)/C(=C\c3cccc4ccccc34)NC(=O)c3ccccc3)c2)c1. The summed E-state index contributed by atoms with van der Waals surface area (Å²) in [5.74, 6) is -0.759. The Hall–Kier alpha value is -5.14. The van der Waals surface area contributed by atoms with Gasteiger partial charge in [0.1, 0.15) is 5.70 Å². The summed E-state index contributed by atoms with van der Waals surface area (Å²) in [5.41, 5.74) is 4.83. The van der Waals surface area contributed by atoms with Gasteiger partial charge in [-0.2, -0.15) is 0 Å². The summed E-state index contributed by atoms with van der Waals surface area (Å²) in [5, 5.41) is 10.6. The molecule has 0 aromatic heterocycles. The first kappa shape index (κ1) is 29.4. The first-order valence-electron chi connectivity index (χ1n) is 13.8. The van der Waals surface area contributed by atoms with Gasteiger partial charge in [-0.15, -0.1) is 11.8 Å². The van der Waals surface area contributed by atoms with Crippen LogP contribution in [-0.4, -0.2) is 23.5 Å². The van der Waals surface area contributed by atoms with Crippen LogP contribution in [0.3, 0.4) is 0 Å². The van der Waals surface area contributed by atoms with E-state index in [9.17, 15) is 14.4 Å². The van der Waals surface area contributed by atoms with Crippen molar-refractivity contribution in [2.45, 2.75) is 18.7 Å². The Morgan fingerprint density at radius 2 is 1.40 bits per heavy atom. The monoisotopic (exact) mass is 585 g/mol. The van der Waals surface area contributed by atoms with Gasteiger partial charge in [-0.05, 0) is 89.9 Å². The van der Waals surface area contributed by atoms with Crippen LogP contribution in [0.2, 0.25) is 0 Å². The highest BCUT2D eigenvalue weighted by Crippen LogP contribution is 2.24. The number of rotatable bonds is 9. The van der Waals surface area contributed by atoms with Crippen LogP contribution in [0.1, 0.15) is 27.0 Å². The minimum absolute atomic E-state index is 0.107. The number of thioether (sulfide) groups is 1. The molecule has 3 amide bonds. The van der Waals surface area contributed by atoms with E-state index in [1.54, 1.807) is 42.5 Å². The predicted molar refractivity (Wildman–Crippen MR) is 176 cm³/mol. The van der Waals surface area contributed by atoms with Crippen molar-refractivity contribution in [1.82, 2.24) is 5.32 Å². The molecule has 0 aliphatic heterocycles. The lowest BCUT2D eigenvalue weighted by molar-refractivity contribution is -0.114. The highest BCUT2D eigenvalue weighted by molar-refractivity contribution is 8.00. The largest absolute Gasteiger partial charge is 0.325 e. The molecule has 0 spiro atoms. The number of benzene rings is 5. The molecule has 0 bridgehead atoms. The van der Waals surface area contributed by atoms with Crippen molar-refractivity contribution in [3.63, 3.8) is 0 Å². The van der Waals surface area contributed by atoms with E-state index in [-0.39, 0.29) is 23.3 Å². The number of fused-ring (bicyclic) bond motifs is 1. The van der Waals surface area contributed by atoms with Gasteiger partial charge < -0.3 is 16.0 Å². The van der Waals surface area contributed by atoms with Gasteiger partial charge in [0.15, 0.2) is 0 Å². The van der Waals surface area contributed by atoms with E-state index >= 15 is 0 Å². The molecule has 5 aromatic carbocycles. The first-order valence-corrected chi connectivity index (χ1v) is 14.8. The van der Waals surface area contributed by atoms with E-state index < -0.39 is 5.91 Å². The van der Waals surface area contributed by atoms with E-state index in [1.165, 1.54) is 11.8 Å². The molecule has 0 radical (unpaired) electrons. The van der Waals surface area contributed by atoms with Crippen LogP contribution >= 0.6 is 11.8 Å². The average Bonchev–Trinajstić information content (AvgIpc) is 3.00. The fraction of sp³-hybridized carbons (Fsp3) is 0.0833. The molecule has 214 valence electrons. The van der Waals surface area contributed by atoms with Crippen molar-refractivity contribution in [2.75, 3.05) is 16.4 Å². The number of carbonyl (C=O) groups is 3. The predicted octanol–water partition coefficient (Wildman–Crippen LogP) is 7.60. The van der Waals surface area contributed by atoms with Crippen molar-refractivity contribution in [3.8, 4) is 0 Å². The van der Waals surface area contributed by atoms with Gasteiger partial charge in [0.25, 0.3) is 11.8 Å². The summed E-state index contributed by atoms with van der Waals surface area (Å²) in [4.78, 5) is 40.1. The molecule has 7 heteroatoms. The molecule has 0 aliphatic carbocycles. The van der Waals surface area contributed by atoms with Crippen LogP contribution in [0.4, 0.5) is 11.4 Å². The zero-order valence-electron chi connectivity index (χ0n) is 23.9. The Bertz CT molecular complexity index is 1810. The third kappa shape index (κ3) is 7.99. The minimum Gasteiger partial charge on any atom is -0.325 e. The van der Waals surface area contributed by atoms with E-state index in [2.05, 4.69) is 22.0 Å². The maximum absolute atomic E-state index is 13.6. The number of hydrogen-bond donors (Lipinski definition) is 3. The van der Waals surface area contributed by atoms with Crippen LogP contribution in [0.25, 0.3) is 16.8 Å². The maximum Gasteiger partial charge on any atom is 0.272 e. The van der Waals surface area contributed by atoms with Crippen molar-refractivity contribution < 1.29 is 14.4 Å². The second-order valence-corrected chi connectivity index (χ2v) is 11.2. The van der Waals surface area contributed by atoms with Crippen LogP contribution in [0.5, 0.6) is 0 Å². The van der Waals surface area contributed by atoms with Gasteiger partial charge in [-0.25, -0.2) is 0 Å². The Balaban J connectivity index is 1.33. The molecular weight excluding hydrogens is 554 g/mol. The van der Waals surface area contributed by atoms with Gasteiger partial charge in [0, 0.05) is 21.8 Å². The van der Waals surface area contributed by atoms with E-state index in [4.69, 9.17) is 0 Å². The second kappa shape index (κ2) is 13.7. The number of anilines is 2. The number of aryl methyl sites for hydroxylation is 2. The fourth-order valence-corrected chi connectivity index (χ4v) is 5.48.